The molecule has 0 bridgehead atoms. The molecule has 0 saturated carbocycles. The van der Waals surface area contributed by atoms with E-state index in [1.165, 1.54) is 7.11 Å². The van der Waals surface area contributed by atoms with Crippen molar-refractivity contribution in [1.82, 2.24) is 4.90 Å². The number of carbonyl (C=O) groups is 2. The molecule has 1 atom stereocenters. The monoisotopic (exact) mass is 353 g/mol. The first kappa shape index (κ1) is 19.7. The molecule has 0 N–H and O–H groups in total. The molecule has 4 nitrogen and oxygen atoms in total. The standard InChI is InChI=1S/C22H27NO3/c1-16-10-11-20(14-17(16)2)21(24)23(15-18(3)22(25)26-4)13-12-19-8-6-5-7-9-19/h5-11,14,18H,12-13,15H2,1-4H3. The van der Waals surface area contributed by atoms with E-state index in [9.17, 15) is 9.59 Å². The fraction of sp³-hybridized carbons (Fsp3) is 0.364. The van der Waals surface area contributed by atoms with Crippen molar-refractivity contribution >= 4 is 11.9 Å². The van der Waals surface area contributed by atoms with Crippen LogP contribution in [0.2, 0.25) is 0 Å². The molecule has 2 rings (SSSR count). The van der Waals surface area contributed by atoms with Crippen LogP contribution in [0.1, 0.15) is 34.0 Å². The van der Waals surface area contributed by atoms with Crippen molar-refractivity contribution in [2.75, 3.05) is 20.2 Å². The Bertz CT molecular complexity index is 755. The van der Waals surface area contributed by atoms with Gasteiger partial charge < -0.3 is 9.64 Å². The highest BCUT2D eigenvalue weighted by molar-refractivity contribution is 5.94. The molecule has 0 saturated heterocycles. The summed E-state index contributed by atoms with van der Waals surface area (Å²) in [6.07, 6.45) is 0.741. The molecular weight excluding hydrogens is 326 g/mol. The van der Waals surface area contributed by atoms with E-state index >= 15 is 0 Å². The van der Waals surface area contributed by atoms with E-state index in [1.807, 2.05) is 62.4 Å². The Morgan fingerprint density at radius 2 is 1.73 bits per heavy atom. The second kappa shape index (κ2) is 9.18. The third-order valence-corrected chi connectivity index (χ3v) is 4.65. The molecule has 0 spiro atoms. The lowest BCUT2D eigenvalue weighted by Gasteiger charge is -2.25. The van der Waals surface area contributed by atoms with Crippen LogP contribution in [0.15, 0.2) is 48.5 Å². The summed E-state index contributed by atoms with van der Waals surface area (Å²) in [5.74, 6) is -0.728. The minimum atomic E-state index is -0.369. The first-order valence-electron chi connectivity index (χ1n) is 8.90. The average Bonchev–Trinajstić information content (AvgIpc) is 2.66. The quantitative estimate of drug-likeness (QED) is 0.711. The molecule has 0 aliphatic rings. The zero-order valence-electron chi connectivity index (χ0n) is 16.0. The predicted octanol–water partition coefficient (Wildman–Crippen LogP) is 3.80. The zero-order chi connectivity index (χ0) is 19.1. The number of methoxy groups -OCH3 is 1. The van der Waals surface area contributed by atoms with Crippen LogP contribution in [-0.2, 0) is 16.0 Å². The third kappa shape index (κ3) is 5.19. The molecule has 0 aliphatic heterocycles. The maximum Gasteiger partial charge on any atom is 0.310 e. The molecule has 0 radical (unpaired) electrons. The number of benzene rings is 2. The summed E-state index contributed by atoms with van der Waals surface area (Å²) in [6.45, 7) is 6.70. The molecular formula is C22H27NO3. The van der Waals surface area contributed by atoms with Crippen LogP contribution < -0.4 is 0 Å². The molecule has 2 aromatic rings. The Morgan fingerprint density at radius 3 is 2.35 bits per heavy atom. The fourth-order valence-electron chi connectivity index (χ4n) is 2.85. The minimum absolute atomic E-state index is 0.0558. The van der Waals surface area contributed by atoms with E-state index in [0.29, 0.717) is 18.7 Å². The number of esters is 1. The lowest BCUT2D eigenvalue weighted by Crippen LogP contribution is -2.38. The smallest absolute Gasteiger partial charge is 0.310 e. The van der Waals surface area contributed by atoms with E-state index in [1.54, 1.807) is 11.8 Å². The lowest BCUT2D eigenvalue weighted by molar-refractivity contribution is -0.145. The van der Waals surface area contributed by atoms with Crippen molar-refractivity contribution < 1.29 is 14.3 Å². The summed E-state index contributed by atoms with van der Waals surface area (Å²) in [7, 11) is 1.37. The molecule has 2 aromatic carbocycles. The van der Waals surface area contributed by atoms with Gasteiger partial charge in [0.15, 0.2) is 0 Å². The highest BCUT2D eigenvalue weighted by Crippen LogP contribution is 2.14. The van der Waals surface area contributed by atoms with E-state index in [-0.39, 0.29) is 17.8 Å². The number of ether oxygens (including phenoxy) is 1. The first-order valence-corrected chi connectivity index (χ1v) is 8.90. The Morgan fingerprint density at radius 1 is 1.04 bits per heavy atom. The van der Waals surface area contributed by atoms with Crippen LogP contribution in [0, 0.1) is 19.8 Å². The number of hydrogen-bond acceptors (Lipinski definition) is 3. The molecule has 0 aromatic heterocycles. The first-order chi connectivity index (χ1) is 12.4. The Kier molecular flexibility index (Phi) is 6.96. The zero-order valence-corrected chi connectivity index (χ0v) is 16.0. The highest BCUT2D eigenvalue weighted by atomic mass is 16.5. The molecule has 4 heteroatoms. The number of amides is 1. The molecule has 0 aliphatic carbocycles. The maximum atomic E-state index is 13.0. The highest BCUT2D eigenvalue weighted by Gasteiger charge is 2.22. The van der Waals surface area contributed by atoms with Gasteiger partial charge in [0.05, 0.1) is 13.0 Å². The molecule has 26 heavy (non-hydrogen) atoms. The summed E-state index contributed by atoms with van der Waals surface area (Å²) < 4.78 is 4.82. The molecule has 0 heterocycles. The van der Waals surface area contributed by atoms with Crippen LogP contribution in [0.4, 0.5) is 0 Å². The van der Waals surface area contributed by atoms with Gasteiger partial charge in [-0.3, -0.25) is 9.59 Å². The van der Waals surface area contributed by atoms with Gasteiger partial charge in [0.2, 0.25) is 0 Å². The molecule has 1 unspecified atom stereocenters. The largest absolute Gasteiger partial charge is 0.469 e. The van der Waals surface area contributed by atoms with Gasteiger partial charge in [-0.15, -0.1) is 0 Å². The van der Waals surface area contributed by atoms with Gasteiger partial charge in [0, 0.05) is 18.7 Å². The summed E-state index contributed by atoms with van der Waals surface area (Å²) >= 11 is 0. The van der Waals surface area contributed by atoms with Crippen LogP contribution in [0.25, 0.3) is 0 Å². The van der Waals surface area contributed by atoms with Gasteiger partial charge in [0.25, 0.3) is 5.91 Å². The SMILES string of the molecule is COC(=O)C(C)CN(CCc1ccccc1)C(=O)c1ccc(C)c(C)c1. The van der Waals surface area contributed by atoms with E-state index in [4.69, 9.17) is 4.74 Å². The van der Waals surface area contributed by atoms with Gasteiger partial charge in [-0.25, -0.2) is 0 Å². The van der Waals surface area contributed by atoms with Crippen LogP contribution >= 0.6 is 0 Å². The molecule has 0 fully saturated rings. The Balaban J connectivity index is 2.18. The predicted molar refractivity (Wildman–Crippen MR) is 103 cm³/mol. The third-order valence-electron chi connectivity index (χ3n) is 4.65. The second-order valence-corrected chi connectivity index (χ2v) is 6.71. The summed E-state index contributed by atoms with van der Waals surface area (Å²) in [6, 6.07) is 15.8. The van der Waals surface area contributed by atoms with E-state index in [0.717, 1.165) is 23.1 Å². The number of hydrogen-bond donors (Lipinski definition) is 0. The van der Waals surface area contributed by atoms with E-state index < -0.39 is 0 Å². The van der Waals surface area contributed by atoms with Gasteiger partial charge in [0.1, 0.15) is 0 Å². The van der Waals surface area contributed by atoms with Crippen molar-refractivity contribution in [2.45, 2.75) is 27.2 Å². The fourth-order valence-corrected chi connectivity index (χ4v) is 2.85. The van der Waals surface area contributed by atoms with Crippen LogP contribution in [-0.4, -0.2) is 37.0 Å². The lowest BCUT2D eigenvalue weighted by atomic mass is 10.0. The number of carbonyl (C=O) groups excluding carboxylic acids is 2. The van der Waals surface area contributed by atoms with Crippen molar-refractivity contribution in [2.24, 2.45) is 5.92 Å². The van der Waals surface area contributed by atoms with Crippen LogP contribution in [0.3, 0.4) is 0 Å². The van der Waals surface area contributed by atoms with Gasteiger partial charge in [-0.1, -0.05) is 43.3 Å². The summed E-state index contributed by atoms with van der Waals surface area (Å²) in [5, 5.41) is 0. The Hall–Kier alpha value is -2.62. The maximum absolute atomic E-state index is 13.0. The number of aryl methyl sites for hydroxylation is 2. The van der Waals surface area contributed by atoms with Gasteiger partial charge in [-0.2, -0.15) is 0 Å². The number of rotatable bonds is 7. The van der Waals surface area contributed by atoms with E-state index in [2.05, 4.69) is 0 Å². The summed E-state index contributed by atoms with van der Waals surface area (Å²) in [4.78, 5) is 26.6. The topological polar surface area (TPSA) is 46.6 Å². The van der Waals surface area contributed by atoms with Gasteiger partial charge in [-0.05, 0) is 49.1 Å². The second-order valence-electron chi connectivity index (χ2n) is 6.71. The molecule has 138 valence electrons. The summed E-state index contributed by atoms with van der Waals surface area (Å²) in [5.41, 5.74) is 4.05. The normalized spacial score (nSPS) is 11.7. The minimum Gasteiger partial charge on any atom is -0.469 e. The van der Waals surface area contributed by atoms with Gasteiger partial charge >= 0.3 is 5.97 Å². The molecule has 1 amide bonds. The van der Waals surface area contributed by atoms with Crippen LogP contribution in [0.5, 0.6) is 0 Å². The van der Waals surface area contributed by atoms with Crippen molar-refractivity contribution in [1.29, 1.82) is 0 Å². The number of nitrogens with zero attached hydrogens (tertiary/aromatic N) is 1. The Labute approximate surface area is 155 Å². The van der Waals surface area contributed by atoms with Crippen molar-refractivity contribution in [3.8, 4) is 0 Å². The average molecular weight is 353 g/mol. The van der Waals surface area contributed by atoms with Crippen molar-refractivity contribution in [3.05, 3.63) is 70.8 Å². The van der Waals surface area contributed by atoms with Crippen molar-refractivity contribution in [3.63, 3.8) is 0 Å².